The molecule has 0 unspecified atom stereocenters. The highest BCUT2D eigenvalue weighted by Crippen LogP contribution is 2.41. The predicted octanol–water partition coefficient (Wildman–Crippen LogP) is 3.09. The van der Waals surface area contributed by atoms with E-state index in [0.717, 1.165) is 37.1 Å². The molecule has 0 radical (unpaired) electrons. The predicted molar refractivity (Wildman–Crippen MR) is 76.0 cm³/mol. The van der Waals surface area contributed by atoms with Gasteiger partial charge in [-0.2, -0.15) is 0 Å². The van der Waals surface area contributed by atoms with E-state index in [-0.39, 0.29) is 0 Å². The van der Waals surface area contributed by atoms with E-state index in [2.05, 4.69) is 28.4 Å². The largest absolute Gasteiger partial charge is 0.314 e. The summed E-state index contributed by atoms with van der Waals surface area (Å²) in [5, 5.41) is 4.31. The van der Waals surface area contributed by atoms with Crippen LogP contribution in [0.25, 0.3) is 0 Å². The maximum absolute atomic E-state index is 6.16. The number of piperazine rings is 1. The molecular weight excluding hydrogens is 244 g/mol. The highest BCUT2D eigenvalue weighted by atomic mass is 35.5. The van der Waals surface area contributed by atoms with Crippen LogP contribution in [0.1, 0.15) is 30.9 Å². The lowest BCUT2D eigenvalue weighted by atomic mass is 9.76. The minimum absolute atomic E-state index is 0.583. The summed E-state index contributed by atoms with van der Waals surface area (Å²) in [7, 11) is 0. The second kappa shape index (κ2) is 5.60. The molecule has 1 atom stereocenters. The van der Waals surface area contributed by atoms with Crippen LogP contribution in [0.15, 0.2) is 24.3 Å². The number of hydrogen-bond donors (Lipinski definition) is 1. The molecule has 2 nitrogen and oxygen atoms in total. The van der Waals surface area contributed by atoms with E-state index >= 15 is 0 Å². The number of halogens is 1. The second-order valence-corrected chi connectivity index (χ2v) is 5.91. The summed E-state index contributed by atoms with van der Waals surface area (Å²) >= 11 is 6.16. The van der Waals surface area contributed by atoms with E-state index in [1.807, 2.05) is 6.07 Å². The van der Waals surface area contributed by atoms with Gasteiger partial charge in [0, 0.05) is 37.2 Å². The van der Waals surface area contributed by atoms with Crippen molar-refractivity contribution in [3.63, 3.8) is 0 Å². The van der Waals surface area contributed by atoms with Gasteiger partial charge in [0.25, 0.3) is 0 Å². The quantitative estimate of drug-likeness (QED) is 0.903. The number of nitrogens with zero attached hydrogens (tertiary/aromatic N) is 1. The molecular formula is C15H21ClN2. The molecule has 1 aliphatic heterocycles. The zero-order valence-electron chi connectivity index (χ0n) is 10.7. The molecule has 1 aromatic rings. The lowest BCUT2D eigenvalue weighted by Gasteiger charge is -2.43. The molecule has 2 fully saturated rings. The Bertz CT molecular complexity index is 397. The first-order chi connectivity index (χ1) is 8.84. The van der Waals surface area contributed by atoms with Crippen LogP contribution in [0, 0.1) is 5.92 Å². The Hall–Kier alpha value is -0.570. The van der Waals surface area contributed by atoms with Gasteiger partial charge in [0.15, 0.2) is 0 Å². The highest BCUT2D eigenvalue weighted by molar-refractivity contribution is 6.30. The number of nitrogens with one attached hydrogen (secondary N) is 1. The maximum Gasteiger partial charge on any atom is 0.0409 e. The first-order valence-electron chi connectivity index (χ1n) is 7.05. The molecule has 2 aliphatic rings. The van der Waals surface area contributed by atoms with Gasteiger partial charge in [-0.25, -0.2) is 0 Å². The minimum atomic E-state index is 0.583. The molecule has 1 heterocycles. The third-order valence-corrected chi connectivity index (χ3v) is 4.57. The van der Waals surface area contributed by atoms with E-state index < -0.39 is 0 Å². The van der Waals surface area contributed by atoms with E-state index in [0.29, 0.717) is 6.04 Å². The lowest BCUT2D eigenvalue weighted by molar-refractivity contribution is 0.0837. The second-order valence-electron chi connectivity index (χ2n) is 5.48. The van der Waals surface area contributed by atoms with Gasteiger partial charge in [-0.3, -0.25) is 4.90 Å². The van der Waals surface area contributed by atoms with Gasteiger partial charge in [0.1, 0.15) is 0 Å². The van der Waals surface area contributed by atoms with Crippen molar-refractivity contribution in [3.05, 3.63) is 34.9 Å². The Morgan fingerprint density at radius 1 is 1.22 bits per heavy atom. The van der Waals surface area contributed by atoms with Crippen molar-refractivity contribution in [3.8, 4) is 0 Å². The standard InChI is InChI=1S/C15H21ClN2/c16-14-6-2-5-13(11-14)15(12-3-1-4-12)18-9-7-17-8-10-18/h2,5-6,11-12,15,17H,1,3-4,7-10H2/t15-/m1/s1. The van der Waals surface area contributed by atoms with Crippen LogP contribution in [-0.2, 0) is 0 Å². The number of rotatable bonds is 3. The van der Waals surface area contributed by atoms with Crippen LogP contribution in [-0.4, -0.2) is 31.1 Å². The fourth-order valence-corrected chi connectivity index (χ4v) is 3.39. The summed E-state index contributed by atoms with van der Waals surface area (Å²) in [4.78, 5) is 2.64. The molecule has 3 heteroatoms. The van der Waals surface area contributed by atoms with Crippen LogP contribution >= 0.6 is 11.6 Å². The van der Waals surface area contributed by atoms with Gasteiger partial charge in [-0.1, -0.05) is 30.2 Å². The van der Waals surface area contributed by atoms with Crippen molar-refractivity contribution in [1.29, 1.82) is 0 Å². The Labute approximate surface area is 114 Å². The SMILES string of the molecule is Clc1cccc([C@@H](C2CCC2)N2CCNCC2)c1. The smallest absolute Gasteiger partial charge is 0.0409 e. The molecule has 1 aliphatic carbocycles. The van der Waals surface area contributed by atoms with Crippen molar-refractivity contribution in [2.24, 2.45) is 5.92 Å². The van der Waals surface area contributed by atoms with Gasteiger partial charge in [-0.15, -0.1) is 0 Å². The monoisotopic (exact) mass is 264 g/mol. The van der Waals surface area contributed by atoms with Crippen molar-refractivity contribution in [2.75, 3.05) is 26.2 Å². The van der Waals surface area contributed by atoms with Gasteiger partial charge in [-0.05, 0) is 36.5 Å². The van der Waals surface area contributed by atoms with Crippen LogP contribution in [0.5, 0.6) is 0 Å². The van der Waals surface area contributed by atoms with Gasteiger partial charge >= 0.3 is 0 Å². The summed E-state index contributed by atoms with van der Waals surface area (Å²) in [6, 6.07) is 9.05. The van der Waals surface area contributed by atoms with Crippen LogP contribution in [0.4, 0.5) is 0 Å². The Morgan fingerprint density at radius 2 is 2.00 bits per heavy atom. The third kappa shape index (κ3) is 2.56. The highest BCUT2D eigenvalue weighted by Gasteiger charge is 2.33. The van der Waals surface area contributed by atoms with Crippen LogP contribution in [0.3, 0.4) is 0 Å². The molecule has 3 rings (SSSR count). The molecule has 1 N–H and O–H groups in total. The average Bonchev–Trinajstić information content (AvgIpc) is 2.34. The number of hydrogen-bond acceptors (Lipinski definition) is 2. The Balaban J connectivity index is 1.84. The Morgan fingerprint density at radius 3 is 2.61 bits per heavy atom. The van der Waals surface area contributed by atoms with Gasteiger partial charge in [0.05, 0.1) is 0 Å². The van der Waals surface area contributed by atoms with Crippen molar-refractivity contribution < 1.29 is 0 Å². The van der Waals surface area contributed by atoms with Crippen LogP contribution < -0.4 is 5.32 Å². The lowest BCUT2D eigenvalue weighted by Crippen LogP contribution is -2.47. The Kier molecular flexibility index (Phi) is 3.88. The molecule has 1 saturated heterocycles. The maximum atomic E-state index is 6.16. The number of benzene rings is 1. The molecule has 0 aromatic heterocycles. The summed E-state index contributed by atoms with van der Waals surface area (Å²) in [6.07, 6.45) is 4.15. The van der Waals surface area contributed by atoms with E-state index in [9.17, 15) is 0 Å². The fraction of sp³-hybridized carbons (Fsp3) is 0.600. The normalized spacial score (nSPS) is 23.6. The molecule has 1 saturated carbocycles. The van der Waals surface area contributed by atoms with Gasteiger partial charge < -0.3 is 5.32 Å². The van der Waals surface area contributed by atoms with Crippen molar-refractivity contribution in [2.45, 2.75) is 25.3 Å². The van der Waals surface area contributed by atoms with Crippen LogP contribution in [0.2, 0.25) is 5.02 Å². The topological polar surface area (TPSA) is 15.3 Å². The van der Waals surface area contributed by atoms with Crippen molar-refractivity contribution >= 4 is 11.6 Å². The third-order valence-electron chi connectivity index (χ3n) is 4.33. The summed E-state index contributed by atoms with van der Waals surface area (Å²) in [5.41, 5.74) is 1.41. The molecule has 0 bridgehead atoms. The zero-order chi connectivity index (χ0) is 12.4. The van der Waals surface area contributed by atoms with E-state index in [4.69, 9.17) is 11.6 Å². The summed E-state index contributed by atoms with van der Waals surface area (Å²) in [6.45, 7) is 4.55. The molecule has 0 spiro atoms. The zero-order valence-corrected chi connectivity index (χ0v) is 11.5. The average molecular weight is 265 g/mol. The van der Waals surface area contributed by atoms with E-state index in [1.165, 1.54) is 24.8 Å². The molecule has 0 amide bonds. The van der Waals surface area contributed by atoms with E-state index in [1.54, 1.807) is 0 Å². The first kappa shape index (κ1) is 12.5. The first-order valence-corrected chi connectivity index (χ1v) is 7.42. The molecule has 98 valence electrons. The van der Waals surface area contributed by atoms with Gasteiger partial charge in [0.2, 0.25) is 0 Å². The molecule has 1 aromatic carbocycles. The summed E-state index contributed by atoms with van der Waals surface area (Å²) in [5.74, 6) is 0.835. The fourth-order valence-electron chi connectivity index (χ4n) is 3.19. The van der Waals surface area contributed by atoms with Crippen molar-refractivity contribution in [1.82, 2.24) is 10.2 Å². The molecule has 18 heavy (non-hydrogen) atoms. The minimum Gasteiger partial charge on any atom is -0.314 e. The summed E-state index contributed by atoms with van der Waals surface area (Å²) < 4.78 is 0.